The summed E-state index contributed by atoms with van der Waals surface area (Å²) in [6, 6.07) is 25.9. The van der Waals surface area contributed by atoms with Gasteiger partial charge in [0.15, 0.2) is 0 Å². The third-order valence-electron chi connectivity index (χ3n) is 5.04. The lowest BCUT2D eigenvalue weighted by atomic mass is 10.0. The highest BCUT2D eigenvalue weighted by molar-refractivity contribution is 6.05. The fourth-order valence-corrected chi connectivity index (χ4v) is 3.24. The normalized spacial score (nSPS) is 14.7. The van der Waals surface area contributed by atoms with Gasteiger partial charge in [0.25, 0.3) is 0 Å². The number of esters is 1. The van der Waals surface area contributed by atoms with Gasteiger partial charge in [0, 0.05) is 5.56 Å². The number of carbonyl (C=O) groups is 1. The van der Waals surface area contributed by atoms with Crippen molar-refractivity contribution in [1.82, 2.24) is 0 Å². The first-order chi connectivity index (χ1) is 14.6. The Morgan fingerprint density at radius 3 is 2.27 bits per heavy atom. The van der Waals surface area contributed by atoms with Crippen LogP contribution in [0.5, 0.6) is 5.75 Å². The molecule has 1 heterocycles. The van der Waals surface area contributed by atoms with Crippen molar-refractivity contribution in [2.45, 2.75) is 26.4 Å². The lowest BCUT2D eigenvalue weighted by Crippen LogP contribution is -1.97. The molecule has 0 aromatic heterocycles. The van der Waals surface area contributed by atoms with Gasteiger partial charge in [0.05, 0.1) is 5.57 Å². The van der Waals surface area contributed by atoms with E-state index in [-0.39, 0.29) is 5.97 Å². The largest absolute Gasteiger partial charge is 0.489 e. The Morgan fingerprint density at radius 2 is 1.60 bits per heavy atom. The summed E-state index contributed by atoms with van der Waals surface area (Å²) in [4.78, 5) is 12.3. The van der Waals surface area contributed by atoms with Gasteiger partial charge in [-0.1, -0.05) is 80.6 Å². The highest BCUT2D eigenvalue weighted by Gasteiger charge is 2.22. The number of hydrogen-bond donors (Lipinski definition) is 0. The number of carbonyl (C=O) groups excluding carboxylic acids is 1. The summed E-state index contributed by atoms with van der Waals surface area (Å²) in [6.45, 7) is 4.83. The van der Waals surface area contributed by atoms with Crippen LogP contribution in [0.4, 0.5) is 0 Å². The number of hydrogen-bond acceptors (Lipinski definition) is 3. The van der Waals surface area contributed by atoms with Crippen LogP contribution in [0.15, 0.2) is 90.5 Å². The van der Waals surface area contributed by atoms with E-state index in [4.69, 9.17) is 9.47 Å². The Labute approximate surface area is 177 Å². The third kappa shape index (κ3) is 4.69. The van der Waals surface area contributed by atoms with E-state index < -0.39 is 0 Å². The molecule has 0 radical (unpaired) electrons. The van der Waals surface area contributed by atoms with Gasteiger partial charge in [-0.05, 0) is 46.9 Å². The van der Waals surface area contributed by atoms with E-state index in [1.54, 1.807) is 6.08 Å². The minimum Gasteiger partial charge on any atom is -0.489 e. The first kappa shape index (κ1) is 19.7. The molecule has 0 atom stereocenters. The second-order valence-electron chi connectivity index (χ2n) is 7.62. The highest BCUT2D eigenvalue weighted by Crippen LogP contribution is 2.29. The van der Waals surface area contributed by atoms with Crippen molar-refractivity contribution in [1.29, 1.82) is 0 Å². The summed E-state index contributed by atoms with van der Waals surface area (Å²) in [5.41, 5.74) is 4.74. The Kier molecular flexibility index (Phi) is 5.80. The molecule has 0 bridgehead atoms. The van der Waals surface area contributed by atoms with E-state index in [2.05, 4.69) is 26.0 Å². The minimum atomic E-state index is -0.331. The zero-order chi connectivity index (χ0) is 20.9. The summed E-state index contributed by atoms with van der Waals surface area (Å²) < 4.78 is 11.3. The number of benzene rings is 3. The molecule has 30 heavy (non-hydrogen) atoms. The van der Waals surface area contributed by atoms with Crippen molar-refractivity contribution in [3.63, 3.8) is 0 Å². The third-order valence-corrected chi connectivity index (χ3v) is 5.04. The molecule has 0 N–H and O–H groups in total. The zero-order valence-corrected chi connectivity index (χ0v) is 17.2. The van der Waals surface area contributed by atoms with Crippen molar-refractivity contribution in [3.05, 3.63) is 113 Å². The predicted molar refractivity (Wildman–Crippen MR) is 120 cm³/mol. The minimum absolute atomic E-state index is 0.331. The number of ether oxygens (including phenoxy) is 2. The van der Waals surface area contributed by atoms with E-state index in [0.29, 0.717) is 23.9 Å². The molecule has 1 aliphatic heterocycles. The number of rotatable bonds is 6. The predicted octanol–water partition coefficient (Wildman–Crippen LogP) is 6.37. The van der Waals surface area contributed by atoms with E-state index >= 15 is 0 Å². The van der Waals surface area contributed by atoms with Gasteiger partial charge in [-0.2, -0.15) is 0 Å². The molecule has 3 heteroatoms. The Balaban J connectivity index is 1.45. The smallest absolute Gasteiger partial charge is 0.343 e. The molecule has 1 aliphatic rings. The fraction of sp³-hybridized carbons (Fsp3) is 0.148. The summed E-state index contributed by atoms with van der Waals surface area (Å²) in [5, 5.41) is 0. The molecule has 0 amide bonds. The van der Waals surface area contributed by atoms with Crippen LogP contribution in [0.25, 0.3) is 11.8 Å². The van der Waals surface area contributed by atoms with Crippen LogP contribution in [0.3, 0.4) is 0 Å². The molecule has 3 nitrogen and oxygen atoms in total. The monoisotopic (exact) mass is 396 g/mol. The summed E-state index contributed by atoms with van der Waals surface area (Å²) in [7, 11) is 0. The van der Waals surface area contributed by atoms with Crippen LogP contribution in [-0.4, -0.2) is 5.97 Å². The first-order valence-corrected chi connectivity index (χ1v) is 10.1. The Hall–Kier alpha value is -3.59. The van der Waals surface area contributed by atoms with Crippen molar-refractivity contribution < 1.29 is 14.3 Å². The maximum atomic E-state index is 12.3. The molecule has 0 aliphatic carbocycles. The van der Waals surface area contributed by atoms with Crippen LogP contribution in [0.2, 0.25) is 0 Å². The maximum Gasteiger partial charge on any atom is 0.343 e. The van der Waals surface area contributed by atoms with Crippen LogP contribution >= 0.6 is 0 Å². The van der Waals surface area contributed by atoms with Crippen LogP contribution < -0.4 is 4.74 Å². The van der Waals surface area contributed by atoms with Crippen molar-refractivity contribution in [2.24, 2.45) is 0 Å². The molecule has 4 rings (SSSR count). The molecular formula is C27H24O3. The SMILES string of the molecule is CC(C)c1ccc(C2=CC(=Cc3ccc(OCc4ccccc4)cc3)C(=O)O2)cc1. The second-order valence-corrected chi connectivity index (χ2v) is 7.62. The second kappa shape index (κ2) is 8.83. The quantitative estimate of drug-likeness (QED) is 0.359. The Morgan fingerprint density at radius 1 is 0.900 bits per heavy atom. The van der Waals surface area contributed by atoms with Crippen LogP contribution in [0.1, 0.15) is 42.0 Å². The summed E-state index contributed by atoms with van der Waals surface area (Å²) >= 11 is 0. The molecule has 0 fully saturated rings. The van der Waals surface area contributed by atoms with Gasteiger partial charge in [0.2, 0.25) is 0 Å². The standard InChI is InChI=1S/C27H24O3/c1-19(2)22-10-12-23(13-11-22)26-17-24(27(28)30-26)16-20-8-14-25(15-9-20)29-18-21-6-4-3-5-7-21/h3-17,19H,18H2,1-2H3. The van der Waals surface area contributed by atoms with Gasteiger partial charge in [-0.3, -0.25) is 0 Å². The van der Waals surface area contributed by atoms with E-state index in [1.807, 2.05) is 72.8 Å². The highest BCUT2D eigenvalue weighted by atomic mass is 16.5. The summed E-state index contributed by atoms with van der Waals surface area (Å²) in [6.07, 6.45) is 3.63. The topological polar surface area (TPSA) is 35.5 Å². The van der Waals surface area contributed by atoms with E-state index in [0.717, 1.165) is 22.4 Å². The number of cyclic esters (lactones) is 1. The molecule has 0 saturated carbocycles. The lowest BCUT2D eigenvalue weighted by molar-refractivity contribution is -0.130. The Bertz CT molecular complexity index is 1070. The molecular weight excluding hydrogens is 372 g/mol. The van der Waals surface area contributed by atoms with Crippen molar-refractivity contribution >= 4 is 17.8 Å². The molecule has 0 saturated heterocycles. The average molecular weight is 396 g/mol. The summed E-state index contributed by atoms with van der Waals surface area (Å²) in [5.74, 6) is 1.51. The molecule has 3 aromatic rings. The van der Waals surface area contributed by atoms with Gasteiger partial charge in [-0.15, -0.1) is 0 Å². The van der Waals surface area contributed by atoms with Gasteiger partial charge < -0.3 is 9.47 Å². The van der Waals surface area contributed by atoms with Crippen LogP contribution in [-0.2, 0) is 16.1 Å². The van der Waals surface area contributed by atoms with E-state index in [9.17, 15) is 4.79 Å². The lowest BCUT2D eigenvalue weighted by Gasteiger charge is -2.06. The fourth-order valence-electron chi connectivity index (χ4n) is 3.24. The molecule has 150 valence electrons. The molecule has 3 aromatic carbocycles. The zero-order valence-electron chi connectivity index (χ0n) is 17.2. The van der Waals surface area contributed by atoms with Gasteiger partial charge in [-0.25, -0.2) is 4.79 Å². The van der Waals surface area contributed by atoms with Gasteiger partial charge >= 0.3 is 5.97 Å². The van der Waals surface area contributed by atoms with Gasteiger partial charge in [0.1, 0.15) is 18.1 Å². The average Bonchev–Trinajstić information content (AvgIpc) is 3.14. The van der Waals surface area contributed by atoms with Crippen molar-refractivity contribution in [3.8, 4) is 5.75 Å². The van der Waals surface area contributed by atoms with Crippen LogP contribution in [0, 0.1) is 0 Å². The maximum absolute atomic E-state index is 12.3. The molecule has 0 spiro atoms. The van der Waals surface area contributed by atoms with E-state index in [1.165, 1.54) is 5.56 Å². The first-order valence-electron chi connectivity index (χ1n) is 10.1. The van der Waals surface area contributed by atoms with Crippen molar-refractivity contribution in [2.75, 3.05) is 0 Å². The molecule has 0 unspecified atom stereocenters.